The zero-order chi connectivity index (χ0) is 26.6. The number of aliphatic hydroxyl groups excluding tert-OH is 1. The van der Waals surface area contributed by atoms with Crippen molar-refractivity contribution in [2.45, 2.75) is 56.6 Å². The number of aliphatic carboxylic acids is 1. The third-order valence-electron chi connectivity index (χ3n) is 4.74. The number of halogens is 1. The van der Waals surface area contributed by atoms with Crippen molar-refractivity contribution in [1.82, 2.24) is 14.6 Å². The van der Waals surface area contributed by atoms with Gasteiger partial charge in [0.1, 0.15) is 23.3 Å². The van der Waals surface area contributed by atoms with Crippen molar-refractivity contribution in [2.75, 3.05) is 24.7 Å². The molecule has 5 N–H and O–H groups in total. The number of nitrogens with two attached hydrogens (primary N) is 1. The first-order valence-corrected chi connectivity index (χ1v) is 14.0. The first-order valence-electron chi connectivity index (χ1n) is 10.5. The molecule has 2 heterocycles. The molecule has 2 rings (SSSR count). The summed E-state index contributed by atoms with van der Waals surface area (Å²) in [7, 11) is -4.24. The van der Waals surface area contributed by atoms with Gasteiger partial charge < -0.3 is 15.9 Å². The highest BCUT2D eigenvalue weighted by Gasteiger charge is 2.46. The number of carbonyl (C=O) groups is 2. The van der Waals surface area contributed by atoms with Crippen molar-refractivity contribution in [1.29, 1.82) is 0 Å². The minimum atomic E-state index is -4.24. The number of carboxylic acids is 1. The molecule has 12 nitrogen and oxygen atoms in total. The molecule has 16 heteroatoms. The Morgan fingerprint density at radius 1 is 1.43 bits per heavy atom. The van der Waals surface area contributed by atoms with Crippen LogP contribution in [0.25, 0.3) is 0 Å². The molecule has 0 radical (unpaired) electrons. The monoisotopic (exact) mass is 556 g/mol. The number of nitrogens with zero attached hydrogens (tertiary/aromatic N) is 2. The van der Waals surface area contributed by atoms with Crippen molar-refractivity contribution >= 4 is 48.2 Å². The summed E-state index contributed by atoms with van der Waals surface area (Å²) in [5, 5.41) is 19.6. The number of hydrogen-bond donors (Lipinski definition) is 4. The summed E-state index contributed by atoms with van der Waals surface area (Å²) in [5.74, 6) is -1.22. The van der Waals surface area contributed by atoms with E-state index < -0.39 is 60.4 Å². The molecule has 198 valence electrons. The van der Waals surface area contributed by atoms with Crippen LogP contribution in [0.5, 0.6) is 0 Å². The molecule has 0 amide bonds. The Bertz CT molecular complexity index is 1020. The van der Waals surface area contributed by atoms with Gasteiger partial charge >= 0.3 is 19.4 Å². The highest BCUT2D eigenvalue weighted by molar-refractivity contribution is 8.13. The Hall–Kier alpha value is -1.48. The molecule has 1 aromatic heterocycles. The van der Waals surface area contributed by atoms with Gasteiger partial charge in [0.05, 0.1) is 18.5 Å². The average molecular weight is 557 g/mol. The zero-order valence-electron chi connectivity index (χ0n) is 19.6. The number of rotatable bonds is 11. The molecule has 0 bridgehead atoms. The van der Waals surface area contributed by atoms with Gasteiger partial charge in [-0.2, -0.15) is 4.98 Å². The molecule has 1 saturated heterocycles. The first kappa shape index (κ1) is 29.7. The van der Waals surface area contributed by atoms with E-state index in [0.29, 0.717) is 0 Å². The van der Waals surface area contributed by atoms with Crippen LogP contribution in [0.15, 0.2) is 17.1 Å². The largest absolute Gasteiger partial charge is 0.480 e. The number of aliphatic hydroxyl groups is 1. The van der Waals surface area contributed by atoms with E-state index in [2.05, 4.69) is 10.1 Å². The molecular weight excluding hydrogens is 526 g/mol. The van der Waals surface area contributed by atoms with Gasteiger partial charge in [-0.1, -0.05) is 32.5 Å². The number of carboxylic acid groups (broad SMARTS) is 1. The second-order valence-electron chi connectivity index (χ2n) is 8.74. The maximum Gasteiger partial charge on any atom is 0.406 e. The fraction of sp³-hybridized carbons (Fsp3) is 0.684. The van der Waals surface area contributed by atoms with E-state index in [-0.39, 0.29) is 23.3 Å². The summed E-state index contributed by atoms with van der Waals surface area (Å²) in [6, 6.07) is -0.000954. The molecule has 1 fully saturated rings. The molecule has 1 aliphatic heterocycles. The Balaban J connectivity index is 2.06. The summed E-state index contributed by atoms with van der Waals surface area (Å²) < 4.78 is 39.6. The first-order chi connectivity index (χ1) is 16.1. The molecule has 1 aromatic rings. The standard InChI is InChI=1S/C19H30FN4O8PS2/c1-10(16(26)27)23-33(30,31-7-8-34-17(28)19(2,3)4)32-9-11-14(25)13(20)15(35-11)24-6-5-12(21)22-18(24)29/h5-6,10-11,13-15,25H,7-9H2,1-4H3,(H,23,30)(H,26,27)(H2,21,22,29)/t10?,11-,13+,14-,15-,33?/m1/s1. The van der Waals surface area contributed by atoms with Gasteiger partial charge in [-0.15, -0.1) is 11.8 Å². The average Bonchev–Trinajstić information content (AvgIpc) is 3.03. The van der Waals surface area contributed by atoms with Crippen molar-refractivity contribution in [3.05, 3.63) is 22.7 Å². The topological polar surface area (TPSA) is 183 Å². The van der Waals surface area contributed by atoms with Gasteiger partial charge in [0.25, 0.3) is 0 Å². The molecule has 6 atom stereocenters. The van der Waals surface area contributed by atoms with Gasteiger partial charge in [-0.05, 0) is 13.0 Å². The number of hydrogen-bond acceptors (Lipinski definition) is 11. The van der Waals surface area contributed by atoms with Gasteiger partial charge in [0.15, 0.2) is 11.3 Å². The molecule has 0 aliphatic carbocycles. The van der Waals surface area contributed by atoms with Crippen LogP contribution in [0.1, 0.15) is 33.1 Å². The summed E-state index contributed by atoms with van der Waals surface area (Å²) in [4.78, 5) is 38.9. The quantitative estimate of drug-likeness (QED) is 0.228. The van der Waals surface area contributed by atoms with Crippen molar-refractivity contribution in [2.24, 2.45) is 5.41 Å². The number of thioether (sulfide) groups is 2. The van der Waals surface area contributed by atoms with E-state index in [1.807, 2.05) is 0 Å². The predicted molar refractivity (Wildman–Crippen MR) is 131 cm³/mol. The van der Waals surface area contributed by atoms with Crippen molar-refractivity contribution in [3.8, 4) is 0 Å². The molecule has 2 unspecified atom stereocenters. The minimum absolute atomic E-state index is 0.0378. The van der Waals surface area contributed by atoms with E-state index in [4.69, 9.17) is 19.9 Å². The molecule has 35 heavy (non-hydrogen) atoms. The number of nitrogen functional groups attached to an aromatic ring is 1. The minimum Gasteiger partial charge on any atom is -0.480 e. The maximum atomic E-state index is 14.8. The van der Waals surface area contributed by atoms with E-state index in [1.54, 1.807) is 20.8 Å². The molecule has 0 spiro atoms. The van der Waals surface area contributed by atoms with Crippen LogP contribution >= 0.6 is 31.3 Å². The van der Waals surface area contributed by atoms with E-state index >= 15 is 0 Å². The third-order valence-corrected chi connectivity index (χ3v) is 9.23. The smallest absolute Gasteiger partial charge is 0.406 e. The second kappa shape index (κ2) is 12.2. The lowest BCUT2D eigenvalue weighted by molar-refractivity contribution is -0.138. The van der Waals surface area contributed by atoms with Crippen LogP contribution in [0.3, 0.4) is 0 Å². The lowest BCUT2D eigenvalue weighted by Gasteiger charge is -2.23. The van der Waals surface area contributed by atoms with Crippen LogP contribution in [-0.2, 0) is 23.2 Å². The van der Waals surface area contributed by atoms with E-state index in [1.165, 1.54) is 19.2 Å². The molecule has 0 saturated carbocycles. The number of aromatic nitrogens is 2. The van der Waals surface area contributed by atoms with Gasteiger partial charge in [-0.25, -0.2) is 18.8 Å². The highest BCUT2D eigenvalue weighted by Crippen LogP contribution is 2.48. The predicted octanol–water partition coefficient (Wildman–Crippen LogP) is 1.65. The fourth-order valence-corrected chi connectivity index (χ4v) is 6.69. The van der Waals surface area contributed by atoms with Crippen LogP contribution in [0, 0.1) is 5.41 Å². The van der Waals surface area contributed by atoms with Crippen LogP contribution in [-0.4, -0.2) is 73.4 Å². The lowest BCUT2D eigenvalue weighted by atomic mass is 10.00. The van der Waals surface area contributed by atoms with Crippen molar-refractivity contribution in [3.63, 3.8) is 0 Å². The number of nitrogens with one attached hydrogen (secondary N) is 1. The van der Waals surface area contributed by atoms with Crippen molar-refractivity contribution < 1.29 is 37.8 Å². The molecular formula is C19H30FN4O8PS2. The van der Waals surface area contributed by atoms with Crippen LogP contribution < -0.4 is 16.5 Å². The lowest BCUT2D eigenvalue weighted by Crippen LogP contribution is -2.35. The summed E-state index contributed by atoms with van der Waals surface area (Å²) in [5.41, 5.74) is 4.07. The van der Waals surface area contributed by atoms with Crippen LogP contribution in [0.4, 0.5) is 10.2 Å². The molecule has 0 aromatic carbocycles. The normalized spacial score (nSPS) is 25.2. The van der Waals surface area contributed by atoms with Gasteiger partial charge in [0, 0.05) is 17.4 Å². The van der Waals surface area contributed by atoms with E-state index in [0.717, 1.165) is 28.1 Å². The highest BCUT2D eigenvalue weighted by atomic mass is 32.2. The number of carbonyl (C=O) groups excluding carboxylic acids is 1. The summed E-state index contributed by atoms with van der Waals surface area (Å²) in [6.07, 6.45) is -2.20. The summed E-state index contributed by atoms with van der Waals surface area (Å²) >= 11 is 1.83. The maximum absolute atomic E-state index is 14.8. The van der Waals surface area contributed by atoms with E-state index in [9.17, 15) is 28.4 Å². The third kappa shape index (κ3) is 8.27. The summed E-state index contributed by atoms with van der Waals surface area (Å²) in [6.45, 7) is 5.79. The fourth-order valence-electron chi connectivity index (χ4n) is 2.77. The molecule has 1 aliphatic rings. The SMILES string of the molecule is CC(NP(=O)(OCCSC(=O)C(C)(C)C)OC[C@H]1S[C@@H](n2ccc(N)nc2=O)[C@@H](F)[C@@H]1O)C(=O)O. The zero-order valence-corrected chi connectivity index (χ0v) is 22.1. The second-order valence-corrected chi connectivity index (χ2v) is 12.9. The Morgan fingerprint density at radius 2 is 2.09 bits per heavy atom. The number of alkyl halides is 1. The Labute approximate surface area is 210 Å². The Morgan fingerprint density at radius 3 is 2.66 bits per heavy atom. The van der Waals surface area contributed by atoms with Gasteiger partial charge in [0.2, 0.25) is 0 Å². The van der Waals surface area contributed by atoms with Gasteiger partial charge in [-0.3, -0.25) is 23.2 Å². The number of anilines is 1. The Kier molecular flexibility index (Phi) is 10.3. The van der Waals surface area contributed by atoms with Crippen LogP contribution in [0.2, 0.25) is 0 Å².